The third-order valence-corrected chi connectivity index (χ3v) is 5.38. The zero-order chi connectivity index (χ0) is 18.2. The molecule has 1 unspecified atom stereocenters. The molecule has 2 atom stereocenters. The van der Waals surface area contributed by atoms with Crippen molar-refractivity contribution in [2.24, 2.45) is 0 Å². The van der Waals surface area contributed by atoms with E-state index in [1.807, 2.05) is 0 Å². The van der Waals surface area contributed by atoms with Gasteiger partial charge in [-0.1, -0.05) is 0 Å². The minimum Gasteiger partial charge on any atom is -0.494 e. The Morgan fingerprint density at radius 2 is 2.04 bits per heavy atom. The number of nitrogens with zero attached hydrogens (tertiary/aromatic N) is 1. The van der Waals surface area contributed by atoms with Crippen molar-refractivity contribution in [2.45, 2.75) is 43.5 Å². The van der Waals surface area contributed by atoms with Gasteiger partial charge in [0.15, 0.2) is 11.6 Å². The fourth-order valence-electron chi connectivity index (χ4n) is 3.72. The summed E-state index contributed by atoms with van der Waals surface area (Å²) in [5.41, 5.74) is -1.65. The fourth-order valence-corrected chi connectivity index (χ4v) is 3.72. The number of aliphatic hydroxyl groups excluding tert-OH is 1. The number of carbonyl (C=O) groups excluding carboxylic acids is 1. The fraction of sp³-hybridized carbons (Fsp3) is 0.611. The van der Waals surface area contributed by atoms with Gasteiger partial charge in [-0.15, -0.1) is 0 Å². The number of rotatable bonds is 2. The number of methoxy groups -OCH3 is 1. The van der Waals surface area contributed by atoms with Crippen molar-refractivity contribution in [1.29, 1.82) is 0 Å². The standard InChI is InChI=1S/C18H24FNO5/c1-17(23)7-10-25-18(16(17)22)5-8-20(9-6-18)15(21)12-3-4-13(19)14(11-12)24-2/h3-4,11,16,22-23H,5-10H2,1-2H3/t16?,17-/m1/s1. The van der Waals surface area contributed by atoms with Crippen LogP contribution in [0, 0.1) is 5.82 Å². The average Bonchev–Trinajstić information content (AvgIpc) is 2.60. The van der Waals surface area contributed by atoms with Crippen LogP contribution in [0.3, 0.4) is 0 Å². The Kier molecular flexibility index (Phi) is 4.74. The minimum atomic E-state index is -1.19. The van der Waals surface area contributed by atoms with Crippen LogP contribution in [0.25, 0.3) is 0 Å². The van der Waals surface area contributed by atoms with Crippen LogP contribution in [-0.4, -0.2) is 65.1 Å². The largest absolute Gasteiger partial charge is 0.494 e. The van der Waals surface area contributed by atoms with E-state index >= 15 is 0 Å². The van der Waals surface area contributed by atoms with Crippen molar-refractivity contribution < 1.29 is 28.9 Å². The van der Waals surface area contributed by atoms with Gasteiger partial charge in [0.25, 0.3) is 5.91 Å². The number of hydrogen-bond acceptors (Lipinski definition) is 5. The van der Waals surface area contributed by atoms with Crippen molar-refractivity contribution in [3.05, 3.63) is 29.6 Å². The molecule has 0 radical (unpaired) electrons. The number of ether oxygens (including phenoxy) is 2. The molecule has 0 aromatic heterocycles. The average molecular weight is 353 g/mol. The molecule has 1 spiro atoms. The number of likely N-dealkylation sites (tertiary alicyclic amines) is 1. The number of hydrogen-bond donors (Lipinski definition) is 2. The number of amides is 1. The lowest BCUT2D eigenvalue weighted by Crippen LogP contribution is -2.64. The highest BCUT2D eigenvalue weighted by molar-refractivity contribution is 5.94. The Hall–Kier alpha value is -1.70. The van der Waals surface area contributed by atoms with Gasteiger partial charge in [0, 0.05) is 25.1 Å². The van der Waals surface area contributed by atoms with Gasteiger partial charge in [-0.3, -0.25) is 4.79 Å². The smallest absolute Gasteiger partial charge is 0.253 e. The lowest BCUT2D eigenvalue weighted by Gasteiger charge is -2.51. The topological polar surface area (TPSA) is 79.2 Å². The van der Waals surface area contributed by atoms with Gasteiger partial charge in [-0.25, -0.2) is 4.39 Å². The molecule has 7 heteroatoms. The van der Waals surface area contributed by atoms with E-state index in [-0.39, 0.29) is 11.7 Å². The number of piperidine rings is 1. The normalized spacial score (nSPS) is 28.8. The van der Waals surface area contributed by atoms with Crippen LogP contribution in [0.4, 0.5) is 4.39 Å². The van der Waals surface area contributed by atoms with Crippen LogP contribution in [0.15, 0.2) is 18.2 Å². The molecule has 0 aliphatic carbocycles. The van der Waals surface area contributed by atoms with E-state index in [2.05, 4.69) is 0 Å². The number of aliphatic hydroxyl groups is 2. The third kappa shape index (κ3) is 3.23. The molecule has 138 valence electrons. The first-order valence-corrected chi connectivity index (χ1v) is 8.46. The molecule has 0 saturated carbocycles. The zero-order valence-electron chi connectivity index (χ0n) is 14.5. The predicted molar refractivity (Wildman–Crippen MR) is 88.0 cm³/mol. The van der Waals surface area contributed by atoms with Crippen LogP contribution in [0.2, 0.25) is 0 Å². The summed E-state index contributed by atoms with van der Waals surface area (Å²) in [6.07, 6.45) is 0.272. The maximum atomic E-state index is 13.5. The van der Waals surface area contributed by atoms with E-state index in [1.54, 1.807) is 11.8 Å². The van der Waals surface area contributed by atoms with E-state index in [1.165, 1.54) is 25.3 Å². The molecule has 25 heavy (non-hydrogen) atoms. The van der Waals surface area contributed by atoms with Crippen molar-refractivity contribution >= 4 is 5.91 Å². The molecular weight excluding hydrogens is 329 g/mol. The summed E-state index contributed by atoms with van der Waals surface area (Å²) in [6, 6.07) is 4.03. The monoisotopic (exact) mass is 353 g/mol. The zero-order valence-corrected chi connectivity index (χ0v) is 14.5. The van der Waals surface area contributed by atoms with Crippen molar-refractivity contribution in [3.8, 4) is 5.75 Å². The molecule has 2 N–H and O–H groups in total. The van der Waals surface area contributed by atoms with Crippen LogP contribution >= 0.6 is 0 Å². The van der Waals surface area contributed by atoms with E-state index < -0.39 is 23.1 Å². The highest BCUT2D eigenvalue weighted by Gasteiger charge is 2.52. The Labute approximate surface area is 146 Å². The molecule has 3 rings (SSSR count). The second kappa shape index (κ2) is 6.55. The molecule has 1 amide bonds. The molecule has 2 aliphatic rings. The van der Waals surface area contributed by atoms with E-state index in [0.717, 1.165) is 0 Å². The summed E-state index contributed by atoms with van der Waals surface area (Å²) in [6.45, 7) is 2.79. The lowest BCUT2D eigenvalue weighted by atomic mass is 9.75. The first-order chi connectivity index (χ1) is 11.8. The summed E-state index contributed by atoms with van der Waals surface area (Å²) in [4.78, 5) is 14.3. The number of carbonyl (C=O) groups is 1. The van der Waals surface area contributed by atoms with Gasteiger partial charge in [-0.2, -0.15) is 0 Å². The summed E-state index contributed by atoms with van der Waals surface area (Å²) in [5.74, 6) is -0.704. The molecule has 2 heterocycles. The Morgan fingerprint density at radius 3 is 2.68 bits per heavy atom. The van der Waals surface area contributed by atoms with Gasteiger partial charge >= 0.3 is 0 Å². The second-order valence-corrected chi connectivity index (χ2v) is 7.06. The predicted octanol–water partition coefficient (Wildman–Crippen LogP) is 1.34. The molecule has 2 fully saturated rings. The molecule has 0 bridgehead atoms. The molecule has 6 nitrogen and oxygen atoms in total. The third-order valence-electron chi connectivity index (χ3n) is 5.38. The van der Waals surface area contributed by atoms with Crippen LogP contribution in [0.5, 0.6) is 5.75 Å². The second-order valence-electron chi connectivity index (χ2n) is 7.06. The molecule has 2 saturated heterocycles. The van der Waals surface area contributed by atoms with Gasteiger partial charge in [0.2, 0.25) is 0 Å². The maximum Gasteiger partial charge on any atom is 0.253 e. The highest BCUT2D eigenvalue weighted by Crippen LogP contribution is 2.40. The summed E-state index contributed by atoms with van der Waals surface area (Å²) >= 11 is 0. The number of halogens is 1. The quantitative estimate of drug-likeness (QED) is 0.839. The van der Waals surface area contributed by atoms with Gasteiger partial charge in [-0.05, 0) is 38.0 Å². The van der Waals surface area contributed by atoms with Gasteiger partial charge in [0.1, 0.15) is 11.7 Å². The molecular formula is C18H24FNO5. The van der Waals surface area contributed by atoms with Crippen LogP contribution < -0.4 is 4.74 Å². The number of benzene rings is 1. The summed E-state index contributed by atoms with van der Waals surface area (Å²) in [7, 11) is 1.35. The van der Waals surface area contributed by atoms with E-state index in [0.29, 0.717) is 44.5 Å². The van der Waals surface area contributed by atoms with Crippen molar-refractivity contribution in [1.82, 2.24) is 4.90 Å². The van der Waals surface area contributed by atoms with E-state index in [4.69, 9.17) is 9.47 Å². The Morgan fingerprint density at radius 1 is 1.36 bits per heavy atom. The first kappa shape index (κ1) is 18.1. The Balaban J connectivity index is 1.71. The van der Waals surface area contributed by atoms with Crippen molar-refractivity contribution in [2.75, 3.05) is 26.8 Å². The first-order valence-electron chi connectivity index (χ1n) is 8.46. The SMILES string of the molecule is COc1cc(C(=O)N2CCC3(CC2)OCC[C@@](C)(O)C3O)ccc1F. The van der Waals surface area contributed by atoms with Crippen molar-refractivity contribution in [3.63, 3.8) is 0 Å². The van der Waals surface area contributed by atoms with Crippen LogP contribution in [-0.2, 0) is 4.74 Å². The molecule has 1 aromatic rings. The molecule has 2 aliphatic heterocycles. The Bertz CT molecular complexity index is 655. The van der Waals surface area contributed by atoms with Gasteiger partial charge in [0.05, 0.1) is 19.3 Å². The summed E-state index contributed by atoms with van der Waals surface area (Å²) < 4.78 is 24.3. The maximum absolute atomic E-state index is 13.5. The lowest BCUT2D eigenvalue weighted by molar-refractivity contribution is -0.244. The molecule has 1 aromatic carbocycles. The van der Waals surface area contributed by atoms with E-state index in [9.17, 15) is 19.4 Å². The minimum absolute atomic E-state index is 0.0291. The highest BCUT2D eigenvalue weighted by atomic mass is 19.1. The van der Waals surface area contributed by atoms with Crippen LogP contribution in [0.1, 0.15) is 36.5 Å². The summed E-state index contributed by atoms with van der Waals surface area (Å²) in [5, 5.41) is 20.9. The van der Waals surface area contributed by atoms with Gasteiger partial charge < -0.3 is 24.6 Å².